The molecule has 0 radical (unpaired) electrons. The van der Waals surface area contributed by atoms with Crippen LogP contribution in [-0.4, -0.2) is 22.8 Å². The number of hydrogen-bond acceptors (Lipinski definition) is 4. The average molecular weight is 325 g/mol. The van der Waals surface area contributed by atoms with Gasteiger partial charge in [0.1, 0.15) is 0 Å². The van der Waals surface area contributed by atoms with Gasteiger partial charge in [0, 0.05) is 0 Å². The first kappa shape index (κ1) is 14.2. The van der Waals surface area contributed by atoms with Crippen molar-refractivity contribution in [1.82, 2.24) is 5.06 Å². The average Bonchev–Trinajstić information content (AvgIpc) is 2.79. The standard InChI is InChI=1S/C19H19NO4/c21-17-14-3-1-2-4-15(14)18(22)20(17)24-19(23)16-12-6-10-5-11(8-12)9-13(16)7-10/h1-4,10-13,16H,5-9H2. The fourth-order valence-corrected chi connectivity index (χ4v) is 5.71. The third kappa shape index (κ3) is 1.90. The van der Waals surface area contributed by atoms with E-state index in [9.17, 15) is 14.4 Å². The number of rotatable bonds is 2. The number of carbonyl (C=O) groups excluding carboxylic acids is 3. The molecule has 0 aromatic heterocycles. The molecule has 5 nitrogen and oxygen atoms in total. The molecular formula is C19H19NO4. The molecule has 0 atom stereocenters. The summed E-state index contributed by atoms with van der Waals surface area (Å²) < 4.78 is 0. The normalized spacial score (nSPS) is 36.2. The first-order valence-electron chi connectivity index (χ1n) is 8.81. The third-order valence-electron chi connectivity index (χ3n) is 6.44. The Labute approximate surface area is 139 Å². The maximum atomic E-state index is 12.8. The largest absolute Gasteiger partial charge is 0.336 e. The molecule has 6 rings (SSSR count). The van der Waals surface area contributed by atoms with Crippen LogP contribution in [0.1, 0.15) is 52.8 Å². The Bertz CT molecular complexity index is 692. The molecule has 4 fully saturated rings. The van der Waals surface area contributed by atoms with Crippen molar-refractivity contribution >= 4 is 17.8 Å². The monoisotopic (exact) mass is 325 g/mol. The van der Waals surface area contributed by atoms with Crippen molar-refractivity contribution in [2.45, 2.75) is 32.1 Å². The van der Waals surface area contributed by atoms with Crippen molar-refractivity contribution < 1.29 is 19.2 Å². The molecule has 1 heterocycles. The van der Waals surface area contributed by atoms with E-state index in [-0.39, 0.29) is 5.92 Å². The summed E-state index contributed by atoms with van der Waals surface area (Å²) in [5.41, 5.74) is 0.612. The summed E-state index contributed by atoms with van der Waals surface area (Å²) in [5.74, 6) is 0.639. The Morgan fingerprint density at radius 2 is 1.38 bits per heavy atom. The number of hydroxylamine groups is 2. The van der Waals surface area contributed by atoms with E-state index in [4.69, 9.17) is 4.84 Å². The Hall–Kier alpha value is -2.17. The lowest BCUT2D eigenvalue weighted by molar-refractivity contribution is -0.186. The second-order valence-electron chi connectivity index (χ2n) is 7.82. The summed E-state index contributed by atoms with van der Waals surface area (Å²) in [5, 5.41) is 0.665. The molecule has 0 spiro atoms. The fraction of sp³-hybridized carbons (Fsp3) is 0.526. The lowest BCUT2D eigenvalue weighted by atomic mass is 9.52. The number of amides is 2. The number of benzene rings is 1. The van der Waals surface area contributed by atoms with E-state index in [1.54, 1.807) is 24.3 Å². The Morgan fingerprint density at radius 1 is 0.875 bits per heavy atom. The molecule has 0 unspecified atom stereocenters. The first-order valence-corrected chi connectivity index (χ1v) is 8.81. The Morgan fingerprint density at radius 3 is 1.88 bits per heavy atom. The van der Waals surface area contributed by atoms with Crippen molar-refractivity contribution in [2.75, 3.05) is 0 Å². The van der Waals surface area contributed by atoms with Crippen LogP contribution < -0.4 is 0 Å². The highest BCUT2D eigenvalue weighted by Crippen LogP contribution is 2.56. The summed E-state index contributed by atoms with van der Waals surface area (Å²) in [7, 11) is 0. The smallest absolute Gasteiger partial charge is 0.329 e. The van der Waals surface area contributed by atoms with Gasteiger partial charge in [0.05, 0.1) is 17.0 Å². The number of fused-ring (bicyclic) bond motifs is 1. The van der Waals surface area contributed by atoms with E-state index in [1.807, 2.05) is 0 Å². The number of hydrogen-bond donors (Lipinski definition) is 0. The second-order valence-corrected chi connectivity index (χ2v) is 7.82. The van der Waals surface area contributed by atoms with Crippen LogP contribution >= 0.6 is 0 Å². The van der Waals surface area contributed by atoms with Gasteiger partial charge in [-0.3, -0.25) is 9.59 Å². The number of nitrogens with zero attached hydrogens (tertiary/aromatic N) is 1. The molecule has 24 heavy (non-hydrogen) atoms. The molecule has 4 bridgehead atoms. The highest BCUT2D eigenvalue weighted by atomic mass is 16.7. The Balaban J connectivity index is 1.37. The summed E-state index contributed by atoms with van der Waals surface area (Å²) in [6, 6.07) is 6.58. The SMILES string of the molecule is O=C(ON1C(=O)c2ccccc2C1=O)C1C2CC3CC(C2)CC1C3. The van der Waals surface area contributed by atoms with Crippen LogP contribution in [0.5, 0.6) is 0 Å². The van der Waals surface area contributed by atoms with Gasteiger partial charge in [-0.15, -0.1) is 0 Å². The van der Waals surface area contributed by atoms with E-state index < -0.39 is 17.8 Å². The lowest BCUT2D eigenvalue weighted by Gasteiger charge is -2.53. The van der Waals surface area contributed by atoms with Crippen LogP contribution in [-0.2, 0) is 9.63 Å². The van der Waals surface area contributed by atoms with Crippen LogP contribution in [0.15, 0.2) is 24.3 Å². The second kappa shape index (κ2) is 4.91. The summed E-state index contributed by atoms with van der Waals surface area (Å²) in [6.07, 6.45) is 5.68. The molecule has 4 aliphatic carbocycles. The van der Waals surface area contributed by atoms with Gasteiger partial charge in [-0.1, -0.05) is 17.2 Å². The molecule has 1 aromatic carbocycles. The molecule has 0 N–H and O–H groups in total. The first-order chi connectivity index (χ1) is 11.6. The highest BCUT2D eigenvalue weighted by molar-refractivity contribution is 6.20. The van der Waals surface area contributed by atoms with Gasteiger partial charge < -0.3 is 4.84 Å². The van der Waals surface area contributed by atoms with Crippen molar-refractivity contribution in [3.05, 3.63) is 35.4 Å². The third-order valence-corrected chi connectivity index (χ3v) is 6.44. The van der Waals surface area contributed by atoms with Gasteiger partial charge in [0.15, 0.2) is 0 Å². The quantitative estimate of drug-likeness (QED) is 0.784. The zero-order valence-corrected chi connectivity index (χ0v) is 13.3. The zero-order valence-electron chi connectivity index (χ0n) is 13.3. The van der Waals surface area contributed by atoms with E-state index in [1.165, 1.54) is 6.42 Å². The fourth-order valence-electron chi connectivity index (χ4n) is 5.71. The molecule has 124 valence electrons. The predicted octanol–water partition coefficient (Wildman–Crippen LogP) is 2.81. The van der Waals surface area contributed by atoms with Crippen molar-refractivity contribution in [1.29, 1.82) is 0 Å². The highest BCUT2D eigenvalue weighted by Gasteiger charge is 2.52. The molecule has 2 amide bonds. The van der Waals surface area contributed by atoms with Crippen LogP contribution in [0.2, 0.25) is 0 Å². The molecule has 1 aromatic rings. The number of imide groups is 1. The molecule has 1 aliphatic heterocycles. The minimum atomic E-state index is -0.534. The molecule has 5 heteroatoms. The summed E-state index contributed by atoms with van der Waals surface area (Å²) in [6.45, 7) is 0. The Kier molecular flexibility index (Phi) is 2.91. The van der Waals surface area contributed by atoms with Gasteiger partial charge in [0.25, 0.3) is 11.8 Å². The van der Waals surface area contributed by atoms with Crippen molar-refractivity contribution in [2.24, 2.45) is 29.6 Å². The van der Waals surface area contributed by atoms with Gasteiger partial charge in [-0.25, -0.2) is 4.79 Å². The van der Waals surface area contributed by atoms with E-state index in [0.29, 0.717) is 28.0 Å². The van der Waals surface area contributed by atoms with E-state index >= 15 is 0 Å². The van der Waals surface area contributed by atoms with E-state index in [0.717, 1.165) is 37.5 Å². The summed E-state index contributed by atoms with van der Waals surface area (Å²) >= 11 is 0. The molecule has 5 aliphatic rings. The van der Waals surface area contributed by atoms with Crippen LogP contribution in [0.3, 0.4) is 0 Å². The minimum Gasteiger partial charge on any atom is -0.329 e. The molecule has 0 saturated heterocycles. The van der Waals surface area contributed by atoms with Gasteiger partial charge >= 0.3 is 5.97 Å². The van der Waals surface area contributed by atoms with Gasteiger partial charge in [-0.2, -0.15) is 0 Å². The maximum Gasteiger partial charge on any atom is 0.336 e. The molecular weight excluding hydrogens is 306 g/mol. The number of carbonyl (C=O) groups is 3. The van der Waals surface area contributed by atoms with E-state index in [2.05, 4.69) is 0 Å². The predicted molar refractivity (Wildman–Crippen MR) is 83.6 cm³/mol. The van der Waals surface area contributed by atoms with Crippen LogP contribution in [0.4, 0.5) is 0 Å². The summed E-state index contributed by atoms with van der Waals surface area (Å²) in [4.78, 5) is 42.8. The molecule has 4 saturated carbocycles. The van der Waals surface area contributed by atoms with Crippen LogP contribution in [0.25, 0.3) is 0 Å². The van der Waals surface area contributed by atoms with Crippen molar-refractivity contribution in [3.8, 4) is 0 Å². The zero-order chi connectivity index (χ0) is 16.4. The maximum absolute atomic E-state index is 12.8. The van der Waals surface area contributed by atoms with Gasteiger partial charge in [-0.05, 0) is 67.9 Å². The van der Waals surface area contributed by atoms with Crippen molar-refractivity contribution in [3.63, 3.8) is 0 Å². The van der Waals surface area contributed by atoms with Crippen LogP contribution in [0, 0.1) is 29.6 Å². The topological polar surface area (TPSA) is 63.7 Å². The lowest BCUT2D eigenvalue weighted by Crippen LogP contribution is -2.49. The minimum absolute atomic E-state index is 0.151. The van der Waals surface area contributed by atoms with Gasteiger partial charge in [0.2, 0.25) is 0 Å².